The van der Waals surface area contributed by atoms with Gasteiger partial charge in [0.15, 0.2) is 0 Å². The Balaban J connectivity index is 2.86. The van der Waals surface area contributed by atoms with Crippen molar-refractivity contribution in [2.45, 2.75) is 33.4 Å². The normalized spacial score (nSPS) is 12.5. The Hall–Kier alpha value is -1.85. The molecule has 6 nitrogen and oxygen atoms in total. The topological polar surface area (TPSA) is 73.1 Å². The molecular formula is C12H19N3O3. The lowest BCUT2D eigenvalue weighted by Gasteiger charge is -2.17. The molecule has 1 aromatic rings. The van der Waals surface area contributed by atoms with E-state index in [1.54, 1.807) is 0 Å². The third kappa shape index (κ3) is 3.32. The monoisotopic (exact) mass is 253 g/mol. The molecule has 0 aromatic carbocycles. The fourth-order valence-electron chi connectivity index (χ4n) is 1.37. The van der Waals surface area contributed by atoms with E-state index in [4.69, 9.17) is 0 Å². The summed E-state index contributed by atoms with van der Waals surface area (Å²) >= 11 is 0. The van der Waals surface area contributed by atoms with Gasteiger partial charge < -0.3 is 9.88 Å². The van der Waals surface area contributed by atoms with Crippen LogP contribution in [0, 0.1) is 5.92 Å². The van der Waals surface area contributed by atoms with Crippen LogP contribution in [-0.2, 0) is 18.4 Å². The van der Waals surface area contributed by atoms with Gasteiger partial charge in [0, 0.05) is 25.4 Å². The molecule has 1 amide bonds. The number of carbonyl (C=O) groups is 1. The molecule has 100 valence electrons. The molecule has 0 aliphatic carbocycles. The van der Waals surface area contributed by atoms with E-state index >= 15 is 0 Å². The van der Waals surface area contributed by atoms with E-state index in [1.807, 2.05) is 20.8 Å². The smallest absolute Gasteiger partial charge is 0.331 e. The maximum atomic E-state index is 11.7. The molecule has 0 saturated heterocycles. The van der Waals surface area contributed by atoms with Gasteiger partial charge in [-0.25, -0.2) is 4.79 Å². The highest BCUT2D eigenvalue weighted by atomic mass is 16.2. The quantitative estimate of drug-likeness (QED) is 0.801. The first-order valence-corrected chi connectivity index (χ1v) is 5.88. The van der Waals surface area contributed by atoms with Crippen molar-refractivity contribution in [1.82, 2.24) is 14.5 Å². The van der Waals surface area contributed by atoms with Crippen molar-refractivity contribution in [3.8, 4) is 0 Å². The molecule has 0 aliphatic rings. The zero-order chi connectivity index (χ0) is 13.9. The second-order valence-corrected chi connectivity index (χ2v) is 4.73. The number of hydrogen-bond acceptors (Lipinski definition) is 3. The van der Waals surface area contributed by atoms with E-state index in [2.05, 4.69) is 5.32 Å². The number of amides is 1. The van der Waals surface area contributed by atoms with Crippen LogP contribution in [0.2, 0.25) is 0 Å². The summed E-state index contributed by atoms with van der Waals surface area (Å²) in [4.78, 5) is 34.9. The molecule has 0 radical (unpaired) electrons. The Kier molecular flexibility index (Phi) is 4.47. The number of aryl methyl sites for hydroxylation is 1. The van der Waals surface area contributed by atoms with Crippen LogP contribution in [0.1, 0.15) is 20.8 Å². The predicted molar refractivity (Wildman–Crippen MR) is 68.4 cm³/mol. The van der Waals surface area contributed by atoms with Crippen molar-refractivity contribution < 1.29 is 4.79 Å². The number of carbonyl (C=O) groups excluding carboxylic acids is 1. The van der Waals surface area contributed by atoms with E-state index in [9.17, 15) is 14.4 Å². The summed E-state index contributed by atoms with van der Waals surface area (Å²) in [6.45, 7) is 5.61. The second kappa shape index (κ2) is 5.66. The standard InChI is InChI=1S/C12H19N3O3/c1-8(2)9(3)13-10(16)7-15-11(17)5-6-14(4)12(15)18/h5-6,8-9H,7H2,1-4H3,(H,13,16). The lowest BCUT2D eigenvalue weighted by molar-refractivity contribution is -0.122. The van der Waals surface area contributed by atoms with Crippen LogP contribution in [-0.4, -0.2) is 21.1 Å². The summed E-state index contributed by atoms with van der Waals surface area (Å²) in [6, 6.07) is 1.27. The van der Waals surface area contributed by atoms with Gasteiger partial charge in [-0.05, 0) is 12.8 Å². The number of rotatable bonds is 4. The summed E-state index contributed by atoms with van der Waals surface area (Å²) in [5.41, 5.74) is -0.958. The number of nitrogens with one attached hydrogen (secondary N) is 1. The van der Waals surface area contributed by atoms with Gasteiger partial charge >= 0.3 is 5.69 Å². The minimum Gasteiger partial charge on any atom is -0.352 e. The first-order chi connectivity index (χ1) is 8.32. The molecule has 18 heavy (non-hydrogen) atoms. The van der Waals surface area contributed by atoms with Gasteiger partial charge in [-0.2, -0.15) is 0 Å². The van der Waals surface area contributed by atoms with Crippen LogP contribution in [0.25, 0.3) is 0 Å². The SMILES string of the molecule is CC(C)C(C)NC(=O)Cn1c(=O)ccn(C)c1=O. The lowest BCUT2D eigenvalue weighted by Crippen LogP contribution is -2.45. The van der Waals surface area contributed by atoms with Crippen LogP contribution < -0.4 is 16.6 Å². The maximum absolute atomic E-state index is 11.7. The van der Waals surface area contributed by atoms with E-state index in [1.165, 1.54) is 23.9 Å². The first-order valence-electron chi connectivity index (χ1n) is 5.88. The minimum atomic E-state index is -0.491. The summed E-state index contributed by atoms with van der Waals surface area (Å²) in [5, 5.41) is 2.75. The Morgan fingerprint density at radius 3 is 2.50 bits per heavy atom. The highest BCUT2D eigenvalue weighted by molar-refractivity contribution is 5.75. The Morgan fingerprint density at radius 2 is 1.94 bits per heavy atom. The van der Waals surface area contributed by atoms with Gasteiger partial charge in [-0.3, -0.25) is 14.2 Å². The Labute approximate surface area is 105 Å². The molecule has 0 aliphatic heterocycles. The average Bonchev–Trinajstić information content (AvgIpc) is 2.29. The van der Waals surface area contributed by atoms with Crippen molar-refractivity contribution in [3.63, 3.8) is 0 Å². The fourth-order valence-corrected chi connectivity index (χ4v) is 1.37. The highest BCUT2D eigenvalue weighted by Gasteiger charge is 2.13. The maximum Gasteiger partial charge on any atom is 0.331 e. The number of nitrogens with zero attached hydrogens (tertiary/aromatic N) is 2. The molecular weight excluding hydrogens is 234 g/mol. The van der Waals surface area contributed by atoms with Crippen molar-refractivity contribution in [3.05, 3.63) is 33.1 Å². The molecule has 6 heteroatoms. The molecule has 1 aromatic heterocycles. The summed E-state index contributed by atoms with van der Waals surface area (Å²) in [6.07, 6.45) is 1.38. The molecule has 0 spiro atoms. The van der Waals surface area contributed by atoms with E-state index in [0.717, 1.165) is 4.57 Å². The van der Waals surface area contributed by atoms with Gasteiger partial charge in [0.1, 0.15) is 6.54 Å². The van der Waals surface area contributed by atoms with Crippen molar-refractivity contribution >= 4 is 5.91 Å². The average molecular weight is 253 g/mol. The van der Waals surface area contributed by atoms with Gasteiger partial charge in [0.2, 0.25) is 5.91 Å². The van der Waals surface area contributed by atoms with Crippen LogP contribution in [0.4, 0.5) is 0 Å². The fraction of sp³-hybridized carbons (Fsp3) is 0.583. The van der Waals surface area contributed by atoms with Crippen LogP contribution in [0.15, 0.2) is 21.9 Å². The number of aromatic nitrogens is 2. The van der Waals surface area contributed by atoms with Gasteiger partial charge in [-0.1, -0.05) is 13.8 Å². The van der Waals surface area contributed by atoms with Crippen molar-refractivity contribution in [2.75, 3.05) is 0 Å². The van der Waals surface area contributed by atoms with Crippen LogP contribution in [0.5, 0.6) is 0 Å². The van der Waals surface area contributed by atoms with Crippen molar-refractivity contribution in [2.24, 2.45) is 13.0 Å². The Morgan fingerprint density at radius 1 is 1.33 bits per heavy atom. The van der Waals surface area contributed by atoms with Gasteiger partial charge in [0.25, 0.3) is 5.56 Å². The van der Waals surface area contributed by atoms with E-state index in [-0.39, 0.29) is 18.5 Å². The lowest BCUT2D eigenvalue weighted by atomic mass is 10.1. The predicted octanol–water partition coefficient (Wildman–Crippen LogP) is -0.292. The van der Waals surface area contributed by atoms with E-state index in [0.29, 0.717) is 5.92 Å². The van der Waals surface area contributed by atoms with Gasteiger partial charge in [-0.15, -0.1) is 0 Å². The van der Waals surface area contributed by atoms with Gasteiger partial charge in [0.05, 0.1) is 0 Å². The first kappa shape index (κ1) is 14.2. The molecule has 0 saturated carbocycles. The molecule has 1 rings (SSSR count). The molecule has 0 fully saturated rings. The molecule has 1 unspecified atom stereocenters. The third-order valence-electron chi connectivity index (χ3n) is 2.93. The zero-order valence-electron chi connectivity index (χ0n) is 11.1. The van der Waals surface area contributed by atoms with Crippen LogP contribution >= 0.6 is 0 Å². The molecule has 0 bridgehead atoms. The zero-order valence-corrected chi connectivity index (χ0v) is 11.1. The Bertz CT molecular complexity index is 542. The summed E-state index contributed by atoms with van der Waals surface area (Å²) in [5.74, 6) is -0.0362. The van der Waals surface area contributed by atoms with Crippen LogP contribution in [0.3, 0.4) is 0 Å². The largest absolute Gasteiger partial charge is 0.352 e. The van der Waals surface area contributed by atoms with E-state index < -0.39 is 11.2 Å². The summed E-state index contributed by atoms with van der Waals surface area (Å²) in [7, 11) is 1.53. The number of hydrogen-bond donors (Lipinski definition) is 1. The highest BCUT2D eigenvalue weighted by Crippen LogP contribution is 1.99. The molecule has 1 heterocycles. The third-order valence-corrected chi connectivity index (χ3v) is 2.93. The minimum absolute atomic E-state index is 0.000710. The van der Waals surface area contributed by atoms with Crippen molar-refractivity contribution in [1.29, 1.82) is 0 Å². The molecule has 1 N–H and O–H groups in total. The summed E-state index contributed by atoms with van der Waals surface area (Å²) < 4.78 is 2.18. The molecule has 1 atom stereocenters. The second-order valence-electron chi connectivity index (χ2n) is 4.73.